The SMILES string of the molecule is O=C(COc1ccc(F)cc1)NCC(c1cccs1)N1CCCC1. The summed E-state index contributed by atoms with van der Waals surface area (Å²) in [7, 11) is 0. The molecule has 2 aromatic rings. The number of ether oxygens (including phenoxy) is 1. The van der Waals surface area contributed by atoms with E-state index in [4.69, 9.17) is 4.74 Å². The van der Waals surface area contributed by atoms with Crippen molar-refractivity contribution in [2.45, 2.75) is 18.9 Å². The topological polar surface area (TPSA) is 41.6 Å². The maximum Gasteiger partial charge on any atom is 0.258 e. The minimum Gasteiger partial charge on any atom is -0.484 e. The number of nitrogens with zero attached hydrogens (tertiary/aromatic N) is 1. The summed E-state index contributed by atoms with van der Waals surface area (Å²) in [4.78, 5) is 15.7. The maximum absolute atomic E-state index is 12.8. The Morgan fingerprint density at radius 3 is 2.67 bits per heavy atom. The van der Waals surface area contributed by atoms with Crippen LogP contribution in [-0.2, 0) is 4.79 Å². The van der Waals surface area contributed by atoms with Crippen LogP contribution in [0.4, 0.5) is 4.39 Å². The van der Waals surface area contributed by atoms with Gasteiger partial charge in [0.05, 0.1) is 6.04 Å². The van der Waals surface area contributed by atoms with Gasteiger partial charge in [-0.25, -0.2) is 4.39 Å². The first kappa shape index (κ1) is 16.9. The second-order valence-corrected chi connectivity index (χ2v) is 6.80. The summed E-state index contributed by atoms with van der Waals surface area (Å²) in [6, 6.07) is 10.0. The van der Waals surface area contributed by atoms with E-state index in [0.717, 1.165) is 13.1 Å². The van der Waals surface area contributed by atoms with Crippen molar-refractivity contribution in [2.24, 2.45) is 0 Å². The lowest BCUT2D eigenvalue weighted by molar-refractivity contribution is -0.123. The van der Waals surface area contributed by atoms with Crippen LogP contribution in [0.25, 0.3) is 0 Å². The molecule has 1 unspecified atom stereocenters. The Balaban J connectivity index is 1.50. The molecule has 1 fully saturated rings. The fraction of sp³-hybridized carbons (Fsp3) is 0.389. The minimum atomic E-state index is -0.323. The van der Waals surface area contributed by atoms with Gasteiger partial charge < -0.3 is 10.1 Å². The molecule has 24 heavy (non-hydrogen) atoms. The summed E-state index contributed by atoms with van der Waals surface area (Å²) in [6.45, 7) is 2.66. The zero-order valence-electron chi connectivity index (χ0n) is 13.4. The molecule has 1 aliphatic rings. The second-order valence-electron chi connectivity index (χ2n) is 5.82. The van der Waals surface area contributed by atoms with Crippen LogP contribution in [0.15, 0.2) is 41.8 Å². The third-order valence-corrected chi connectivity index (χ3v) is 5.10. The third kappa shape index (κ3) is 4.55. The van der Waals surface area contributed by atoms with E-state index >= 15 is 0 Å². The molecule has 2 heterocycles. The van der Waals surface area contributed by atoms with Crippen molar-refractivity contribution in [1.82, 2.24) is 10.2 Å². The number of likely N-dealkylation sites (tertiary alicyclic amines) is 1. The van der Waals surface area contributed by atoms with Crippen LogP contribution < -0.4 is 10.1 Å². The van der Waals surface area contributed by atoms with Gasteiger partial charge in [0.2, 0.25) is 0 Å². The monoisotopic (exact) mass is 348 g/mol. The summed E-state index contributed by atoms with van der Waals surface area (Å²) in [5, 5.41) is 5.02. The lowest BCUT2D eigenvalue weighted by Crippen LogP contribution is -2.38. The summed E-state index contributed by atoms with van der Waals surface area (Å²) in [5.41, 5.74) is 0. The van der Waals surface area contributed by atoms with Crippen molar-refractivity contribution in [2.75, 3.05) is 26.2 Å². The van der Waals surface area contributed by atoms with E-state index in [1.54, 1.807) is 11.3 Å². The molecule has 1 amide bonds. The number of halogens is 1. The Morgan fingerprint density at radius 2 is 2.00 bits per heavy atom. The summed E-state index contributed by atoms with van der Waals surface area (Å²) in [5.74, 6) is -0.00261. The number of rotatable bonds is 7. The zero-order valence-corrected chi connectivity index (χ0v) is 14.2. The fourth-order valence-corrected chi connectivity index (χ4v) is 3.75. The molecule has 128 valence electrons. The molecule has 4 nitrogen and oxygen atoms in total. The predicted octanol–water partition coefficient (Wildman–Crippen LogP) is 3.22. The van der Waals surface area contributed by atoms with E-state index < -0.39 is 0 Å². The molecule has 0 spiro atoms. The van der Waals surface area contributed by atoms with Crippen LogP contribution in [0.1, 0.15) is 23.8 Å². The van der Waals surface area contributed by atoms with Gasteiger partial charge in [-0.2, -0.15) is 0 Å². The Hall–Kier alpha value is -1.92. The predicted molar refractivity (Wildman–Crippen MR) is 92.8 cm³/mol. The van der Waals surface area contributed by atoms with Crippen molar-refractivity contribution in [1.29, 1.82) is 0 Å². The Morgan fingerprint density at radius 1 is 1.25 bits per heavy atom. The van der Waals surface area contributed by atoms with Gasteiger partial charge >= 0.3 is 0 Å². The molecular formula is C18H21FN2O2S. The van der Waals surface area contributed by atoms with Crippen molar-refractivity contribution in [3.8, 4) is 5.75 Å². The van der Waals surface area contributed by atoms with Gasteiger partial charge in [0, 0.05) is 11.4 Å². The number of carbonyl (C=O) groups is 1. The smallest absolute Gasteiger partial charge is 0.258 e. The molecule has 3 rings (SSSR count). The van der Waals surface area contributed by atoms with Crippen LogP contribution >= 0.6 is 11.3 Å². The molecule has 0 saturated carbocycles. The molecule has 1 aliphatic heterocycles. The van der Waals surface area contributed by atoms with Gasteiger partial charge in [-0.1, -0.05) is 6.07 Å². The quantitative estimate of drug-likeness (QED) is 0.835. The average molecular weight is 348 g/mol. The molecular weight excluding hydrogens is 327 g/mol. The molecule has 6 heteroatoms. The molecule has 1 N–H and O–H groups in total. The lowest BCUT2D eigenvalue weighted by Gasteiger charge is -2.26. The van der Waals surface area contributed by atoms with Gasteiger partial charge in [0.1, 0.15) is 11.6 Å². The third-order valence-electron chi connectivity index (χ3n) is 4.13. The molecule has 0 aliphatic carbocycles. The van der Waals surface area contributed by atoms with Crippen molar-refractivity contribution >= 4 is 17.2 Å². The highest BCUT2D eigenvalue weighted by Gasteiger charge is 2.24. The molecule has 1 saturated heterocycles. The van der Waals surface area contributed by atoms with Crippen molar-refractivity contribution in [3.05, 3.63) is 52.5 Å². The van der Waals surface area contributed by atoms with Gasteiger partial charge in [0.15, 0.2) is 6.61 Å². The van der Waals surface area contributed by atoms with Gasteiger partial charge in [-0.15, -0.1) is 11.3 Å². The highest BCUT2D eigenvalue weighted by molar-refractivity contribution is 7.10. The van der Waals surface area contributed by atoms with Gasteiger partial charge in [-0.3, -0.25) is 9.69 Å². The van der Waals surface area contributed by atoms with Crippen LogP contribution in [-0.4, -0.2) is 37.0 Å². The summed E-state index contributed by atoms with van der Waals surface area (Å²) >= 11 is 1.72. The molecule has 0 radical (unpaired) electrons. The van der Waals surface area contributed by atoms with Gasteiger partial charge in [-0.05, 0) is 61.6 Å². The summed E-state index contributed by atoms with van der Waals surface area (Å²) in [6.07, 6.45) is 2.42. The van der Waals surface area contributed by atoms with Crippen LogP contribution in [0.2, 0.25) is 0 Å². The van der Waals surface area contributed by atoms with Crippen molar-refractivity contribution in [3.63, 3.8) is 0 Å². The molecule has 1 atom stereocenters. The Bertz CT molecular complexity index is 640. The number of carbonyl (C=O) groups excluding carboxylic acids is 1. The number of benzene rings is 1. The first-order valence-corrected chi connectivity index (χ1v) is 9.03. The highest BCUT2D eigenvalue weighted by atomic mass is 32.1. The Labute approximate surface area is 145 Å². The molecule has 0 bridgehead atoms. The fourth-order valence-electron chi connectivity index (χ4n) is 2.89. The van der Waals surface area contributed by atoms with Gasteiger partial charge in [0.25, 0.3) is 5.91 Å². The van der Waals surface area contributed by atoms with Crippen molar-refractivity contribution < 1.29 is 13.9 Å². The van der Waals surface area contributed by atoms with Crippen LogP contribution in [0.5, 0.6) is 5.75 Å². The standard InChI is InChI=1S/C18H21FN2O2S/c19-14-5-7-15(8-6-14)23-13-18(22)20-12-16(17-4-3-11-24-17)21-9-1-2-10-21/h3-8,11,16H,1-2,9-10,12-13H2,(H,20,22). The average Bonchev–Trinajstić information content (AvgIpc) is 3.29. The minimum absolute atomic E-state index is 0.0667. The van der Waals surface area contributed by atoms with E-state index in [-0.39, 0.29) is 24.4 Å². The Kier molecular flexibility index (Phi) is 5.82. The van der Waals surface area contributed by atoms with E-state index in [1.165, 1.54) is 42.0 Å². The maximum atomic E-state index is 12.8. The highest BCUT2D eigenvalue weighted by Crippen LogP contribution is 2.27. The normalized spacial score (nSPS) is 16.0. The van der Waals surface area contributed by atoms with Crippen LogP contribution in [0.3, 0.4) is 0 Å². The zero-order chi connectivity index (χ0) is 16.8. The van der Waals surface area contributed by atoms with Crippen LogP contribution in [0, 0.1) is 5.82 Å². The first-order valence-electron chi connectivity index (χ1n) is 8.15. The lowest BCUT2D eigenvalue weighted by atomic mass is 10.2. The largest absolute Gasteiger partial charge is 0.484 e. The molecule has 1 aromatic carbocycles. The number of hydrogen-bond donors (Lipinski definition) is 1. The van der Waals surface area contributed by atoms with E-state index in [9.17, 15) is 9.18 Å². The van der Waals surface area contributed by atoms with E-state index in [2.05, 4.69) is 21.7 Å². The van der Waals surface area contributed by atoms with E-state index in [0.29, 0.717) is 12.3 Å². The number of thiophene rings is 1. The number of amides is 1. The number of nitrogens with one attached hydrogen (secondary N) is 1. The number of hydrogen-bond acceptors (Lipinski definition) is 4. The first-order chi connectivity index (χ1) is 11.7. The van der Waals surface area contributed by atoms with E-state index in [1.807, 2.05) is 6.07 Å². The molecule has 1 aromatic heterocycles. The second kappa shape index (κ2) is 8.26. The summed E-state index contributed by atoms with van der Waals surface area (Å²) < 4.78 is 18.2.